The molecule has 1 aromatic heterocycles. The Morgan fingerprint density at radius 3 is 2.50 bits per heavy atom. The van der Waals surface area contributed by atoms with E-state index in [0.29, 0.717) is 43.7 Å². The van der Waals surface area contributed by atoms with Crippen molar-refractivity contribution in [3.63, 3.8) is 0 Å². The van der Waals surface area contributed by atoms with Crippen molar-refractivity contribution in [3.8, 4) is 5.75 Å². The molecule has 156 valence electrons. The molecule has 6 nitrogen and oxygen atoms in total. The fourth-order valence-electron chi connectivity index (χ4n) is 3.93. The second kappa shape index (κ2) is 8.18. The molecule has 0 saturated carbocycles. The van der Waals surface area contributed by atoms with E-state index in [0.717, 1.165) is 16.6 Å². The number of amides is 1. The van der Waals surface area contributed by atoms with Crippen LogP contribution >= 0.6 is 0 Å². The topological polar surface area (TPSA) is 74.0 Å². The fraction of sp³-hybridized carbons (Fsp3) is 0.304. The number of phenolic OH excluding ortho intramolecular Hbond substituents is 1. The first-order chi connectivity index (χ1) is 14.4. The summed E-state index contributed by atoms with van der Waals surface area (Å²) >= 11 is 0. The minimum atomic E-state index is -0.473. The Labute approximate surface area is 173 Å². The summed E-state index contributed by atoms with van der Waals surface area (Å²) in [6, 6.07) is 11.0. The third-order valence-electron chi connectivity index (χ3n) is 5.68. The molecule has 1 fully saturated rings. The van der Waals surface area contributed by atoms with Crippen LogP contribution in [0.5, 0.6) is 5.75 Å². The summed E-state index contributed by atoms with van der Waals surface area (Å²) in [6.07, 6.45) is 0.535. The molecule has 0 bridgehead atoms. The summed E-state index contributed by atoms with van der Waals surface area (Å²) in [4.78, 5) is 29.0. The highest BCUT2D eigenvalue weighted by molar-refractivity contribution is 5.82. The number of nitrogens with zero attached hydrogens (tertiary/aromatic N) is 2. The number of rotatable bonds is 4. The van der Waals surface area contributed by atoms with Gasteiger partial charge in [0.1, 0.15) is 17.1 Å². The number of carbonyl (C=O) groups is 1. The number of hydrogen-bond acceptors (Lipinski definition) is 5. The molecule has 0 spiro atoms. The van der Waals surface area contributed by atoms with Gasteiger partial charge in [-0.3, -0.25) is 4.79 Å². The van der Waals surface area contributed by atoms with Gasteiger partial charge >= 0.3 is 5.63 Å². The van der Waals surface area contributed by atoms with Crippen LogP contribution in [0.25, 0.3) is 11.0 Å². The van der Waals surface area contributed by atoms with Crippen LogP contribution in [0.4, 0.5) is 10.1 Å². The molecule has 2 heterocycles. The minimum Gasteiger partial charge on any atom is -0.508 e. The number of fused-ring (bicyclic) bond motifs is 1. The number of anilines is 1. The molecule has 0 atom stereocenters. The second-order valence-corrected chi connectivity index (χ2v) is 7.52. The van der Waals surface area contributed by atoms with E-state index in [-0.39, 0.29) is 23.9 Å². The summed E-state index contributed by atoms with van der Waals surface area (Å²) in [5.74, 6) is -0.232. The molecule has 1 aliphatic heterocycles. The average molecular weight is 410 g/mol. The molecule has 7 heteroatoms. The number of carbonyl (C=O) groups excluding carboxylic acids is 1. The van der Waals surface area contributed by atoms with Crippen LogP contribution in [-0.2, 0) is 11.2 Å². The Morgan fingerprint density at radius 2 is 1.80 bits per heavy atom. The molecule has 4 rings (SSSR count). The van der Waals surface area contributed by atoms with Crippen molar-refractivity contribution >= 4 is 22.6 Å². The maximum Gasteiger partial charge on any atom is 0.339 e. The van der Waals surface area contributed by atoms with Crippen LogP contribution in [0.1, 0.15) is 17.5 Å². The third-order valence-corrected chi connectivity index (χ3v) is 5.68. The molecule has 3 aromatic rings. The Morgan fingerprint density at radius 1 is 1.10 bits per heavy atom. The van der Waals surface area contributed by atoms with Crippen LogP contribution in [-0.4, -0.2) is 42.1 Å². The fourth-order valence-corrected chi connectivity index (χ4v) is 3.93. The monoisotopic (exact) mass is 410 g/mol. The van der Waals surface area contributed by atoms with Crippen molar-refractivity contribution in [3.05, 3.63) is 69.8 Å². The van der Waals surface area contributed by atoms with Crippen LogP contribution in [0.3, 0.4) is 0 Å². The molecule has 1 N–H and O–H groups in total. The Hall–Kier alpha value is -3.35. The summed E-state index contributed by atoms with van der Waals surface area (Å²) in [5.41, 5.74) is 2.07. The van der Waals surface area contributed by atoms with E-state index in [1.54, 1.807) is 29.2 Å². The van der Waals surface area contributed by atoms with Crippen LogP contribution in [0.2, 0.25) is 0 Å². The summed E-state index contributed by atoms with van der Waals surface area (Å²) < 4.78 is 18.4. The smallest absolute Gasteiger partial charge is 0.339 e. The van der Waals surface area contributed by atoms with E-state index in [2.05, 4.69) is 4.90 Å². The third kappa shape index (κ3) is 4.01. The first kappa shape index (κ1) is 19.9. The first-order valence-electron chi connectivity index (χ1n) is 9.96. The van der Waals surface area contributed by atoms with Crippen LogP contribution < -0.4 is 10.5 Å². The molecule has 0 unspecified atom stereocenters. The normalized spacial score (nSPS) is 14.3. The van der Waals surface area contributed by atoms with Crippen molar-refractivity contribution in [1.29, 1.82) is 0 Å². The minimum absolute atomic E-state index is 0.00152. The van der Waals surface area contributed by atoms with Gasteiger partial charge in [-0.15, -0.1) is 0 Å². The average Bonchev–Trinajstić information content (AvgIpc) is 2.74. The largest absolute Gasteiger partial charge is 0.508 e. The first-order valence-corrected chi connectivity index (χ1v) is 9.96. The Balaban J connectivity index is 1.39. The lowest BCUT2D eigenvalue weighted by atomic mass is 10.0. The number of phenols is 1. The molecule has 1 amide bonds. The molecule has 1 saturated heterocycles. The highest BCUT2D eigenvalue weighted by atomic mass is 19.1. The lowest BCUT2D eigenvalue weighted by Crippen LogP contribution is -2.48. The van der Waals surface area contributed by atoms with Gasteiger partial charge < -0.3 is 19.3 Å². The van der Waals surface area contributed by atoms with Crippen molar-refractivity contribution in [2.24, 2.45) is 0 Å². The van der Waals surface area contributed by atoms with Gasteiger partial charge in [-0.1, -0.05) is 0 Å². The standard InChI is InChI=1S/C23H23FN2O4/c1-15-19-7-6-18(27)14-21(19)30-23(29)20(15)8-9-22(28)26-12-10-25(11-13-26)17-4-2-16(24)3-5-17/h2-7,14,27H,8-13H2,1H3. The van der Waals surface area contributed by atoms with E-state index < -0.39 is 5.63 Å². The van der Waals surface area contributed by atoms with E-state index in [4.69, 9.17) is 4.42 Å². The van der Waals surface area contributed by atoms with Gasteiger partial charge in [0, 0.05) is 55.3 Å². The number of aromatic hydroxyl groups is 1. The van der Waals surface area contributed by atoms with Gasteiger partial charge in [0.15, 0.2) is 0 Å². The quantitative estimate of drug-likeness (QED) is 0.669. The molecule has 0 radical (unpaired) electrons. The maximum absolute atomic E-state index is 13.1. The maximum atomic E-state index is 13.1. The summed E-state index contributed by atoms with van der Waals surface area (Å²) in [6.45, 7) is 4.36. The van der Waals surface area contributed by atoms with Crippen LogP contribution in [0.15, 0.2) is 51.7 Å². The van der Waals surface area contributed by atoms with Crippen molar-refractivity contribution < 1.29 is 18.7 Å². The highest BCUT2D eigenvalue weighted by Gasteiger charge is 2.22. The van der Waals surface area contributed by atoms with Crippen molar-refractivity contribution in [2.45, 2.75) is 19.8 Å². The molecule has 2 aromatic carbocycles. The van der Waals surface area contributed by atoms with E-state index >= 15 is 0 Å². The van der Waals surface area contributed by atoms with Crippen molar-refractivity contribution in [1.82, 2.24) is 4.90 Å². The van der Waals surface area contributed by atoms with Gasteiger partial charge in [-0.05, 0) is 55.3 Å². The highest BCUT2D eigenvalue weighted by Crippen LogP contribution is 2.24. The van der Waals surface area contributed by atoms with Crippen molar-refractivity contribution in [2.75, 3.05) is 31.1 Å². The predicted octanol–water partition coefficient (Wildman–Crippen LogP) is 3.23. The molecule has 0 aliphatic carbocycles. The number of hydrogen-bond donors (Lipinski definition) is 1. The SMILES string of the molecule is Cc1c(CCC(=O)N2CCN(c3ccc(F)cc3)CC2)c(=O)oc2cc(O)ccc12. The van der Waals surface area contributed by atoms with Gasteiger partial charge in [0.25, 0.3) is 0 Å². The molecule has 30 heavy (non-hydrogen) atoms. The summed E-state index contributed by atoms with van der Waals surface area (Å²) in [7, 11) is 0. The second-order valence-electron chi connectivity index (χ2n) is 7.52. The number of piperazine rings is 1. The number of benzene rings is 2. The lowest BCUT2D eigenvalue weighted by Gasteiger charge is -2.36. The predicted molar refractivity (Wildman–Crippen MR) is 112 cm³/mol. The van der Waals surface area contributed by atoms with Gasteiger partial charge in [0.2, 0.25) is 5.91 Å². The van der Waals surface area contributed by atoms with Crippen LogP contribution in [0, 0.1) is 12.7 Å². The van der Waals surface area contributed by atoms with E-state index in [1.165, 1.54) is 18.2 Å². The number of aryl methyl sites for hydroxylation is 1. The van der Waals surface area contributed by atoms with Gasteiger partial charge in [0.05, 0.1) is 0 Å². The molecular weight excluding hydrogens is 387 g/mol. The summed E-state index contributed by atoms with van der Waals surface area (Å²) in [5, 5.41) is 10.3. The van der Waals surface area contributed by atoms with Gasteiger partial charge in [-0.25, -0.2) is 9.18 Å². The van der Waals surface area contributed by atoms with Gasteiger partial charge in [-0.2, -0.15) is 0 Å². The zero-order chi connectivity index (χ0) is 21.3. The lowest BCUT2D eigenvalue weighted by molar-refractivity contribution is -0.131. The van der Waals surface area contributed by atoms with E-state index in [1.807, 2.05) is 6.92 Å². The number of halogens is 1. The Kier molecular flexibility index (Phi) is 5.44. The molecule has 1 aliphatic rings. The zero-order valence-electron chi connectivity index (χ0n) is 16.7. The molecular formula is C23H23FN2O4. The zero-order valence-corrected chi connectivity index (χ0v) is 16.7. The van der Waals surface area contributed by atoms with E-state index in [9.17, 15) is 19.1 Å². The Bertz CT molecular complexity index is 1130.